The summed E-state index contributed by atoms with van der Waals surface area (Å²) in [6.45, 7) is 0.970. The Kier molecular flexibility index (Phi) is 6.21. The van der Waals surface area contributed by atoms with Crippen LogP contribution < -0.4 is 4.74 Å². The minimum Gasteiger partial charge on any atom is -0.481 e. The molecule has 0 saturated carbocycles. The van der Waals surface area contributed by atoms with Crippen LogP contribution >= 0.6 is 0 Å². The number of rotatable bonds is 7. The van der Waals surface area contributed by atoms with Crippen molar-refractivity contribution in [2.24, 2.45) is 0 Å². The average molecular weight is 436 g/mol. The van der Waals surface area contributed by atoms with Crippen molar-refractivity contribution in [3.63, 3.8) is 0 Å². The molecule has 1 amide bonds. The molecule has 160 valence electrons. The lowest BCUT2D eigenvalue weighted by Crippen LogP contribution is -2.41. The predicted molar refractivity (Wildman–Crippen MR) is 108 cm³/mol. The maximum atomic E-state index is 13.4. The van der Waals surface area contributed by atoms with Crippen LogP contribution in [0.4, 0.5) is 8.78 Å². The second-order valence-corrected chi connectivity index (χ2v) is 9.15. The van der Waals surface area contributed by atoms with Gasteiger partial charge < -0.3 is 9.64 Å². The summed E-state index contributed by atoms with van der Waals surface area (Å²) in [5.74, 6) is -3.08. The van der Waals surface area contributed by atoms with Crippen molar-refractivity contribution < 1.29 is 26.7 Å². The fourth-order valence-electron chi connectivity index (χ4n) is 3.19. The Hall–Kier alpha value is -2.81. The van der Waals surface area contributed by atoms with E-state index in [9.17, 15) is 22.0 Å². The Morgan fingerprint density at radius 1 is 1.23 bits per heavy atom. The van der Waals surface area contributed by atoms with Crippen LogP contribution in [0.2, 0.25) is 0 Å². The second-order valence-electron chi connectivity index (χ2n) is 7.22. The van der Waals surface area contributed by atoms with Gasteiger partial charge in [-0.05, 0) is 23.3 Å². The van der Waals surface area contributed by atoms with Gasteiger partial charge in [0.05, 0.1) is 25.3 Å². The number of methoxy groups -OCH3 is 1. The van der Waals surface area contributed by atoms with Crippen LogP contribution in [-0.2, 0) is 33.5 Å². The molecule has 3 rings (SSSR count). The van der Waals surface area contributed by atoms with E-state index < -0.39 is 21.8 Å². The van der Waals surface area contributed by atoms with Gasteiger partial charge in [0.1, 0.15) is 0 Å². The Labute approximate surface area is 174 Å². The molecule has 1 aliphatic heterocycles. The van der Waals surface area contributed by atoms with Gasteiger partial charge in [0, 0.05) is 36.7 Å². The third-order valence-corrected chi connectivity index (χ3v) is 6.19. The number of hydrogen-bond donors (Lipinski definition) is 0. The monoisotopic (exact) mass is 436 g/mol. The number of halogens is 2. The van der Waals surface area contributed by atoms with E-state index in [1.807, 2.05) is 0 Å². The number of hydrogen-bond acceptors (Lipinski definition) is 5. The second kappa shape index (κ2) is 8.51. The first-order chi connectivity index (χ1) is 14.1. The third kappa shape index (κ3) is 5.41. The lowest BCUT2D eigenvalue weighted by molar-refractivity contribution is -0.132. The van der Waals surface area contributed by atoms with E-state index in [1.54, 1.807) is 18.3 Å². The number of carbonyl (C=O) groups excluding carboxylic acids is 1. The van der Waals surface area contributed by atoms with Crippen LogP contribution in [0.15, 0.2) is 54.1 Å². The van der Waals surface area contributed by atoms with Gasteiger partial charge >= 0.3 is 0 Å². The molecular weight excluding hydrogens is 414 g/mol. The maximum absolute atomic E-state index is 13.4. The first-order valence-electron chi connectivity index (χ1n) is 9.24. The van der Waals surface area contributed by atoms with E-state index in [2.05, 4.69) is 4.98 Å². The van der Waals surface area contributed by atoms with Crippen LogP contribution in [0.5, 0.6) is 5.88 Å². The van der Waals surface area contributed by atoms with Crippen molar-refractivity contribution in [1.29, 1.82) is 0 Å². The zero-order valence-corrected chi connectivity index (χ0v) is 17.4. The van der Waals surface area contributed by atoms with Crippen molar-refractivity contribution in [2.45, 2.75) is 31.9 Å². The van der Waals surface area contributed by atoms with E-state index >= 15 is 0 Å². The van der Waals surface area contributed by atoms with Crippen LogP contribution in [0.3, 0.4) is 0 Å². The summed E-state index contributed by atoms with van der Waals surface area (Å²) in [6.07, 6.45) is 3.00. The smallest absolute Gasteiger partial charge is 0.270 e. The molecule has 1 unspecified atom stereocenters. The quantitative estimate of drug-likeness (QED) is 0.667. The van der Waals surface area contributed by atoms with E-state index in [1.165, 1.54) is 42.4 Å². The Morgan fingerprint density at radius 3 is 2.50 bits per heavy atom. The van der Waals surface area contributed by atoms with Crippen molar-refractivity contribution in [3.8, 4) is 5.88 Å². The summed E-state index contributed by atoms with van der Waals surface area (Å²) in [4.78, 5) is 18.6. The minimum absolute atomic E-state index is 0.0395. The molecule has 0 radical (unpaired) electrons. The summed E-state index contributed by atoms with van der Waals surface area (Å²) in [5.41, 5.74) is 1.16. The highest BCUT2D eigenvalue weighted by Gasteiger charge is 2.30. The largest absolute Gasteiger partial charge is 0.481 e. The van der Waals surface area contributed by atoms with E-state index in [4.69, 9.17) is 4.74 Å². The zero-order chi connectivity index (χ0) is 21.9. The van der Waals surface area contributed by atoms with Crippen molar-refractivity contribution >= 4 is 15.7 Å². The summed E-state index contributed by atoms with van der Waals surface area (Å²) in [6, 6.07) is 8.33. The van der Waals surface area contributed by atoms with Crippen LogP contribution in [-0.4, -0.2) is 43.1 Å². The summed E-state index contributed by atoms with van der Waals surface area (Å²) in [5, 5.41) is 1.11. The van der Waals surface area contributed by atoms with Gasteiger partial charge in [-0.1, -0.05) is 24.3 Å². The van der Waals surface area contributed by atoms with Gasteiger partial charge in [-0.15, -0.1) is 0 Å². The molecule has 0 bridgehead atoms. The van der Waals surface area contributed by atoms with Crippen molar-refractivity contribution in [1.82, 2.24) is 9.88 Å². The number of benzene rings is 1. The van der Waals surface area contributed by atoms with Crippen LogP contribution in [0, 0.1) is 0 Å². The first-order valence-corrected chi connectivity index (χ1v) is 11.0. The average Bonchev–Trinajstić information content (AvgIpc) is 3.05. The lowest BCUT2D eigenvalue weighted by atomic mass is 10.0. The highest BCUT2D eigenvalue weighted by atomic mass is 32.2. The molecule has 0 fully saturated rings. The van der Waals surface area contributed by atoms with Crippen LogP contribution in [0.25, 0.3) is 0 Å². The molecule has 9 heteroatoms. The Balaban J connectivity index is 1.82. The van der Waals surface area contributed by atoms with Gasteiger partial charge in [0.2, 0.25) is 11.8 Å². The third-order valence-electron chi connectivity index (χ3n) is 4.81. The van der Waals surface area contributed by atoms with Gasteiger partial charge in [-0.25, -0.2) is 22.2 Å². The molecule has 1 aliphatic rings. The minimum atomic E-state index is -3.37. The summed E-state index contributed by atoms with van der Waals surface area (Å²) < 4.78 is 55.7. The van der Waals surface area contributed by atoms with Gasteiger partial charge in [0.15, 0.2) is 9.84 Å². The molecule has 30 heavy (non-hydrogen) atoms. The molecule has 1 aromatic carbocycles. The molecule has 0 aliphatic carbocycles. The summed E-state index contributed by atoms with van der Waals surface area (Å²) in [7, 11) is -1.89. The topological polar surface area (TPSA) is 76.6 Å². The molecule has 1 aromatic heterocycles. The number of aromatic nitrogens is 1. The first kappa shape index (κ1) is 21.9. The molecular formula is C21H22F2N2O4S. The number of carbonyl (C=O) groups is 1. The van der Waals surface area contributed by atoms with Crippen molar-refractivity contribution in [3.05, 3.63) is 70.8 Å². The number of nitrogens with zero attached hydrogens (tertiary/aromatic N) is 2. The highest BCUT2D eigenvalue weighted by molar-refractivity contribution is 7.94. The lowest BCUT2D eigenvalue weighted by Gasteiger charge is -2.28. The molecule has 0 saturated heterocycles. The number of pyridine rings is 1. The number of sulfone groups is 1. The molecule has 6 nitrogen and oxygen atoms in total. The van der Waals surface area contributed by atoms with Gasteiger partial charge in [-0.2, -0.15) is 0 Å². The van der Waals surface area contributed by atoms with Gasteiger partial charge in [0.25, 0.3) is 5.92 Å². The predicted octanol–water partition coefficient (Wildman–Crippen LogP) is 3.08. The Bertz CT molecular complexity index is 1050. The SMILES string of the molecule is COc1cc(CN(C(=O)Cc2ccc(C(C)(F)F)cc2)C2C=CS(=O)(=O)C2)ccn1. The molecule has 0 spiro atoms. The number of amides is 1. The number of ether oxygens (including phenoxy) is 1. The standard InChI is InChI=1S/C21H22F2N2O4S/c1-21(22,23)17-5-3-15(4-6-17)12-20(26)25(18-8-10-30(27,28)14-18)13-16-7-9-24-19(11-16)29-2/h3-11,18H,12-14H2,1-2H3. The fraction of sp³-hybridized carbons (Fsp3) is 0.333. The summed E-state index contributed by atoms with van der Waals surface area (Å²) >= 11 is 0. The molecule has 2 aromatic rings. The van der Waals surface area contributed by atoms with Gasteiger partial charge in [-0.3, -0.25) is 4.79 Å². The molecule has 2 heterocycles. The fourth-order valence-corrected chi connectivity index (χ4v) is 4.49. The van der Waals surface area contributed by atoms with E-state index in [0.717, 1.165) is 17.9 Å². The zero-order valence-electron chi connectivity index (χ0n) is 16.6. The molecule has 0 N–H and O–H groups in total. The number of alkyl halides is 2. The van der Waals surface area contributed by atoms with Crippen molar-refractivity contribution in [2.75, 3.05) is 12.9 Å². The maximum Gasteiger partial charge on any atom is 0.270 e. The van der Waals surface area contributed by atoms with Crippen LogP contribution in [0.1, 0.15) is 23.6 Å². The van der Waals surface area contributed by atoms with E-state index in [-0.39, 0.29) is 30.2 Å². The molecule has 1 atom stereocenters. The highest BCUT2D eigenvalue weighted by Crippen LogP contribution is 2.27. The Morgan fingerprint density at radius 2 is 1.93 bits per heavy atom. The van der Waals surface area contributed by atoms with E-state index in [0.29, 0.717) is 11.4 Å². The normalized spacial score (nSPS) is 17.7.